The predicted octanol–water partition coefficient (Wildman–Crippen LogP) is 4.96. The van der Waals surface area contributed by atoms with Crippen molar-refractivity contribution in [3.05, 3.63) is 69.0 Å². The SMILES string of the molecule is CCOc1ccc(Br)cc1/C=C1/SC(=S)N(C(C(=O)OC)c2ccccc2)C1=O. The van der Waals surface area contributed by atoms with Crippen LogP contribution in [0.25, 0.3) is 6.08 Å². The van der Waals surface area contributed by atoms with Gasteiger partial charge < -0.3 is 9.47 Å². The van der Waals surface area contributed by atoms with Crippen molar-refractivity contribution in [3.8, 4) is 5.75 Å². The number of nitrogens with zero attached hydrogens (tertiary/aromatic N) is 1. The maximum absolute atomic E-state index is 13.2. The van der Waals surface area contributed by atoms with Crippen LogP contribution in [0.1, 0.15) is 24.1 Å². The van der Waals surface area contributed by atoms with Gasteiger partial charge in [-0.25, -0.2) is 4.79 Å². The van der Waals surface area contributed by atoms with Gasteiger partial charge in [-0.2, -0.15) is 0 Å². The molecule has 1 aliphatic heterocycles. The smallest absolute Gasteiger partial charge is 0.333 e. The first kappa shape index (κ1) is 21.5. The second-order valence-corrected chi connectivity index (χ2v) is 8.59. The molecule has 0 aromatic heterocycles. The van der Waals surface area contributed by atoms with Crippen LogP contribution in [-0.4, -0.2) is 34.8 Å². The van der Waals surface area contributed by atoms with E-state index in [-0.39, 0.29) is 5.91 Å². The zero-order valence-corrected chi connectivity index (χ0v) is 19.0. The second kappa shape index (κ2) is 9.56. The Bertz CT molecular complexity index is 978. The zero-order valence-electron chi connectivity index (χ0n) is 15.8. The first-order valence-electron chi connectivity index (χ1n) is 8.78. The average molecular weight is 492 g/mol. The summed E-state index contributed by atoms with van der Waals surface area (Å²) in [5.41, 5.74) is 1.38. The molecule has 0 bridgehead atoms. The van der Waals surface area contributed by atoms with E-state index in [1.165, 1.54) is 12.0 Å². The first-order valence-corrected chi connectivity index (χ1v) is 10.8. The topological polar surface area (TPSA) is 55.8 Å². The molecule has 1 saturated heterocycles. The van der Waals surface area contributed by atoms with Gasteiger partial charge in [0.2, 0.25) is 0 Å². The highest BCUT2D eigenvalue weighted by Crippen LogP contribution is 2.39. The lowest BCUT2D eigenvalue weighted by Crippen LogP contribution is -2.37. The molecular formula is C21H18BrNO4S2. The summed E-state index contributed by atoms with van der Waals surface area (Å²) in [6.45, 7) is 2.40. The van der Waals surface area contributed by atoms with E-state index in [0.717, 1.165) is 21.8 Å². The van der Waals surface area contributed by atoms with Gasteiger partial charge >= 0.3 is 5.97 Å². The molecule has 1 atom stereocenters. The van der Waals surface area contributed by atoms with E-state index in [4.69, 9.17) is 21.7 Å². The van der Waals surface area contributed by atoms with Crippen molar-refractivity contribution in [2.75, 3.05) is 13.7 Å². The standard InChI is InChI=1S/C21H18BrNO4S2/c1-3-27-16-10-9-15(22)11-14(16)12-17-19(24)23(21(28)29-17)18(20(25)26-2)13-7-5-4-6-8-13/h4-12,18H,3H2,1-2H3/b17-12+. The summed E-state index contributed by atoms with van der Waals surface area (Å²) in [5, 5.41) is 0. The van der Waals surface area contributed by atoms with Crippen LogP contribution in [0.15, 0.2) is 57.9 Å². The van der Waals surface area contributed by atoms with Crippen molar-refractivity contribution in [1.29, 1.82) is 0 Å². The fraction of sp³-hybridized carbons (Fsp3) is 0.190. The summed E-state index contributed by atoms with van der Waals surface area (Å²) in [7, 11) is 1.29. The third-order valence-corrected chi connectivity index (χ3v) is 6.00. The van der Waals surface area contributed by atoms with Crippen molar-refractivity contribution in [3.63, 3.8) is 0 Å². The van der Waals surface area contributed by atoms with Crippen LogP contribution < -0.4 is 4.74 Å². The molecule has 0 N–H and O–H groups in total. The minimum absolute atomic E-state index is 0.299. The van der Waals surface area contributed by atoms with Gasteiger partial charge in [0.25, 0.3) is 5.91 Å². The normalized spacial score (nSPS) is 16.2. The van der Waals surface area contributed by atoms with Gasteiger partial charge in [0.15, 0.2) is 6.04 Å². The number of methoxy groups -OCH3 is 1. The first-order chi connectivity index (χ1) is 14.0. The molecular weight excluding hydrogens is 474 g/mol. The number of halogens is 1. The largest absolute Gasteiger partial charge is 0.493 e. The molecule has 1 amide bonds. The van der Waals surface area contributed by atoms with Crippen molar-refractivity contribution >= 4 is 62.2 Å². The molecule has 3 rings (SSSR count). The summed E-state index contributed by atoms with van der Waals surface area (Å²) in [6.07, 6.45) is 1.73. The molecule has 1 aliphatic rings. The van der Waals surface area contributed by atoms with Gasteiger partial charge in [-0.1, -0.05) is 70.2 Å². The van der Waals surface area contributed by atoms with Gasteiger partial charge in [-0.15, -0.1) is 0 Å². The Kier molecular flexibility index (Phi) is 7.10. The Morgan fingerprint density at radius 1 is 1.28 bits per heavy atom. The molecule has 150 valence electrons. The van der Waals surface area contributed by atoms with Gasteiger partial charge in [0, 0.05) is 10.0 Å². The Hall–Kier alpha value is -2.16. The summed E-state index contributed by atoms with van der Waals surface area (Å²) in [6, 6.07) is 13.6. The fourth-order valence-corrected chi connectivity index (χ4v) is 4.58. The van der Waals surface area contributed by atoms with E-state index < -0.39 is 12.0 Å². The number of carbonyl (C=O) groups excluding carboxylic acids is 2. The number of amides is 1. The number of rotatable bonds is 6. The van der Waals surface area contributed by atoms with Crippen molar-refractivity contribution in [1.82, 2.24) is 4.90 Å². The zero-order chi connectivity index (χ0) is 21.0. The molecule has 5 nitrogen and oxygen atoms in total. The minimum Gasteiger partial charge on any atom is -0.493 e. The quantitative estimate of drug-likeness (QED) is 0.323. The highest BCUT2D eigenvalue weighted by Gasteiger charge is 2.41. The molecule has 2 aromatic rings. The predicted molar refractivity (Wildman–Crippen MR) is 122 cm³/mol. The summed E-state index contributed by atoms with van der Waals surface area (Å²) in [4.78, 5) is 27.4. The number of hydrogen-bond donors (Lipinski definition) is 0. The van der Waals surface area contributed by atoms with Crippen molar-refractivity contribution in [2.45, 2.75) is 13.0 Å². The monoisotopic (exact) mass is 491 g/mol. The van der Waals surface area contributed by atoms with Crippen LogP contribution in [0.2, 0.25) is 0 Å². The lowest BCUT2D eigenvalue weighted by atomic mass is 10.1. The van der Waals surface area contributed by atoms with Crippen LogP contribution in [0.4, 0.5) is 0 Å². The van der Waals surface area contributed by atoms with Gasteiger partial charge in [0.05, 0.1) is 18.6 Å². The maximum atomic E-state index is 13.2. The van der Waals surface area contributed by atoms with Gasteiger partial charge in [0.1, 0.15) is 10.1 Å². The average Bonchev–Trinajstić information content (AvgIpc) is 2.99. The molecule has 0 aliphatic carbocycles. The van der Waals surface area contributed by atoms with Crippen LogP contribution in [0.3, 0.4) is 0 Å². The lowest BCUT2D eigenvalue weighted by molar-refractivity contribution is -0.148. The van der Waals surface area contributed by atoms with E-state index in [1.807, 2.05) is 31.2 Å². The van der Waals surface area contributed by atoms with Crippen molar-refractivity contribution in [2.24, 2.45) is 0 Å². The molecule has 1 heterocycles. The minimum atomic E-state index is -0.937. The van der Waals surface area contributed by atoms with Crippen LogP contribution >= 0.6 is 39.9 Å². The summed E-state index contributed by atoms with van der Waals surface area (Å²) < 4.78 is 11.8. The van der Waals surface area contributed by atoms with Crippen LogP contribution in [0, 0.1) is 0 Å². The summed E-state index contributed by atoms with van der Waals surface area (Å²) in [5.74, 6) is -0.235. The molecule has 8 heteroatoms. The molecule has 29 heavy (non-hydrogen) atoms. The van der Waals surface area contributed by atoms with E-state index in [0.29, 0.717) is 27.1 Å². The Labute approximate surface area is 187 Å². The Morgan fingerprint density at radius 2 is 2.00 bits per heavy atom. The number of thiocarbonyl (C=S) groups is 1. The highest BCUT2D eigenvalue weighted by molar-refractivity contribution is 9.10. The second-order valence-electron chi connectivity index (χ2n) is 6.00. The number of hydrogen-bond acceptors (Lipinski definition) is 6. The number of ether oxygens (including phenoxy) is 2. The van der Waals surface area contributed by atoms with Gasteiger partial charge in [-0.05, 0) is 36.8 Å². The van der Waals surface area contributed by atoms with Crippen LogP contribution in [-0.2, 0) is 14.3 Å². The molecule has 2 aromatic carbocycles. The lowest BCUT2D eigenvalue weighted by Gasteiger charge is -2.24. The van der Waals surface area contributed by atoms with E-state index in [9.17, 15) is 9.59 Å². The molecule has 1 unspecified atom stereocenters. The molecule has 1 fully saturated rings. The fourth-order valence-electron chi connectivity index (χ4n) is 2.90. The molecule has 0 saturated carbocycles. The number of benzene rings is 2. The highest BCUT2D eigenvalue weighted by atomic mass is 79.9. The number of thioether (sulfide) groups is 1. The molecule has 0 radical (unpaired) electrons. The number of carbonyl (C=O) groups is 2. The Morgan fingerprint density at radius 3 is 2.66 bits per heavy atom. The third-order valence-electron chi connectivity index (χ3n) is 4.18. The Balaban J connectivity index is 2.00. The van der Waals surface area contributed by atoms with Crippen LogP contribution in [0.5, 0.6) is 5.75 Å². The van der Waals surface area contributed by atoms with Crippen molar-refractivity contribution < 1.29 is 19.1 Å². The van der Waals surface area contributed by atoms with E-state index in [1.54, 1.807) is 30.3 Å². The maximum Gasteiger partial charge on any atom is 0.333 e. The number of esters is 1. The third kappa shape index (κ3) is 4.71. The van der Waals surface area contributed by atoms with Gasteiger partial charge in [-0.3, -0.25) is 9.69 Å². The molecule has 0 spiro atoms. The van der Waals surface area contributed by atoms with E-state index in [2.05, 4.69) is 15.9 Å². The van der Waals surface area contributed by atoms with E-state index >= 15 is 0 Å². The summed E-state index contributed by atoms with van der Waals surface area (Å²) >= 11 is 10.0.